The molecule has 5 nitrogen and oxygen atoms in total. The Hall–Kier alpha value is -1.41. The number of ether oxygens (including phenoxy) is 1. The second-order valence-electron chi connectivity index (χ2n) is 5.28. The zero-order valence-electron chi connectivity index (χ0n) is 12.4. The van der Waals surface area contributed by atoms with Gasteiger partial charge >= 0.3 is 0 Å². The quantitative estimate of drug-likeness (QED) is 0.808. The van der Waals surface area contributed by atoms with Crippen LogP contribution >= 0.6 is 11.3 Å². The van der Waals surface area contributed by atoms with E-state index >= 15 is 0 Å². The van der Waals surface area contributed by atoms with E-state index in [4.69, 9.17) is 4.74 Å². The molecule has 0 saturated heterocycles. The molecule has 1 heterocycles. The minimum Gasteiger partial charge on any atom is -0.497 e. The average molecular weight is 341 g/mol. The molecule has 0 aliphatic rings. The smallest absolute Gasteiger partial charge is 0.250 e. The summed E-state index contributed by atoms with van der Waals surface area (Å²) in [5.41, 5.74) is -0.278. The number of methoxy groups -OCH3 is 1. The lowest BCUT2D eigenvalue weighted by atomic mass is 9.97. The minimum absolute atomic E-state index is 0.0563. The van der Waals surface area contributed by atoms with Crippen molar-refractivity contribution in [3.05, 3.63) is 47.3 Å². The van der Waals surface area contributed by atoms with Crippen molar-refractivity contribution in [1.82, 2.24) is 4.72 Å². The van der Waals surface area contributed by atoms with E-state index in [1.54, 1.807) is 37.6 Å². The predicted molar refractivity (Wildman–Crippen MR) is 86.8 cm³/mol. The maximum Gasteiger partial charge on any atom is 0.250 e. The number of nitrogens with one attached hydrogen (secondary N) is 1. The van der Waals surface area contributed by atoms with Gasteiger partial charge in [-0.2, -0.15) is 0 Å². The maximum atomic E-state index is 12.0. The molecule has 0 aliphatic carbocycles. The van der Waals surface area contributed by atoms with E-state index in [0.717, 1.165) is 22.6 Å². The molecular weight excluding hydrogens is 322 g/mol. The van der Waals surface area contributed by atoms with Gasteiger partial charge in [-0.05, 0) is 36.1 Å². The minimum atomic E-state index is -3.56. The summed E-state index contributed by atoms with van der Waals surface area (Å²) in [6, 6.07) is 10.5. The Kier molecular flexibility index (Phi) is 5.23. The highest BCUT2D eigenvalue weighted by Crippen LogP contribution is 2.19. The van der Waals surface area contributed by atoms with E-state index in [1.807, 2.05) is 12.1 Å². The van der Waals surface area contributed by atoms with Gasteiger partial charge in [0.25, 0.3) is 0 Å². The Morgan fingerprint density at radius 1 is 1.27 bits per heavy atom. The van der Waals surface area contributed by atoms with Crippen molar-refractivity contribution in [3.8, 4) is 5.75 Å². The molecule has 2 rings (SSSR count). The van der Waals surface area contributed by atoms with Crippen LogP contribution in [0.2, 0.25) is 0 Å². The van der Waals surface area contributed by atoms with E-state index in [-0.39, 0.29) is 10.8 Å². The van der Waals surface area contributed by atoms with Crippen LogP contribution in [0, 0.1) is 0 Å². The van der Waals surface area contributed by atoms with Crippen molar-refractivity contribution in [2.24, 2.45) is 0 Å². The lowest BCUT2D eigenvalue weighted by molar-refractivity contribution is 0.0657. The summed E-state index contributed by atoms with van der Waals surface area (Å²) in [6.07, 6.45) is 0.337. The van der Waals surface area contributed by atoms with Crippen LogP contribution in [0.3, 0.4) is 0 Å². The van der Waals surface area contributed by atoms with Gasteiger partial charge < -0.3 is 9.84 Å². The van der Waals surface area contributed by atoms with Crippen LogP contribution in [0.25, 0.3) is 0 Å². The molecule has 22 heavy (non-hydrogen) atoms. The fraction of sp³-hybridized carbons (Fsp3) is 0.333. The highest BCUT2D eigenvalue weighted by molar-refractivity contribution is 7.91. The lowest BCUT2D eigenvalue weighted by Crippen LogP contribution is -2.42. The summed E-state index contributed by atoms with van der Waals surface area (Å²) in [5, 5.41) is 12.1. The first-order valence-electron chi connectivity index (χ1n) is 6.71. The molecular formula is C15H19NO4S2. The molecule has 1 atom stereocenters. The van der Waals surface area contributed by atoms with Crippen molar-refractivity contribution in [1.29, 1.82) is 0 Å². The zero-order valence-corrected chi connectivity index (χ0v) is 14.1. The first-order valence-corrected chi connectivity index (χ1v) is 9.07. The molecule has 120 valence electrons. The Bertz CT molecular complexity index is 692. The molecule has 0 saturated carbocycles. The van der Waals surface area contributed by atoms with Crippen LogP contribution in [-0.2, 0) is 16.4 Å². The fourth-order valence-corrected chi connectivity index (χ4v) is 4.18. The summed E-state index contributed by atoms with van der Waals surface area (Å²) in [4.78, 5) is 0. The van der Waals surface area contributed by atoms with Crippen LogP contribution < -0.4 is 9.46 Å². The number of hydrogen-bond donors (Lipinski definition) is 2. The maximum absolute atomic E-state index is 12.0. The Morgan fingerprint density at radius 3 is 2.50 bits per heavy atom. The lowest BCUT2D eigenvalue weighted by Gasteiger charge is -2.23. The van der Waals surface area contributed by atoms with Gasteiger partial charge in [0.05, 0.1) is 12.7 Å². The molecule has 1 aromatic heterocycles. The molecule has 0 radical (unpaired) electrons. The fourth-order valence-electron chi connectivity index (χ4n) is 1.98. The number of thiophene rings is 1. The zero-order chi connectivity index (χ0) is 16.2. The van der Waals surface area contributed by atoms with Crippen LogP contribution in [0.15, 0.2) is 46.0 Å². The largest absolute Gasteiger partial charge is 0.497 e. The third-order valence-corrected chi connectivity index (χ3v) is 5.95. The van der Waals surface area contributed by atoms with Crippen LogP contribution in [0.1, 0.15) is 12.5 Å². The number of rotatable bonds is 7. The summed E-state index contributed by atoms with van der Waals surface area (Å²) in [7, 11) is -1.98. The summed E-state index contributed by atoms with van der Waals surface area (Å²) in [5.74, 6) is 0.738. The van der Waals surface area contributed by atoms with Gasteiger partial charge in [-0.3, -0.25) is 0 Å². The third kappa shape index (κ3) is 4.54. The number of sulfonamides is 1. The van der Waals surface area contributed by atoms with E-state index in [9.17, 15) is 13.5 Å². The van der Waals surface area contributed by atoms with E-state index in [2.05, 4.69) is 4.72 Å². The summed E-state index contributed by atoms with van der Waals surface area (Å²) < 4.78 is 31.9. The monoisotopic (exact) mass is 341 g/mol. The van der Waals surface area contributed by atoms with Gasteiger partial charge in [-0.1, -0.05) is 18.2 Å². The van der Waals surface area contributed by atoms with Crippen molar-refractivity contribution in [3.63, 3.8) is 0 Å². The SMILES string of the molecule is COc1ccc(C[C@](C)(O)CNS(=O)(=O)c2cccs2)cc1. The second-order valence-corrected chi connectivity index (χ2v) is 8.22. The van der Waals surface area contributed by atoms with E-state index in [0.29, 0.717) is 6.42 Å². The highest BCUT2D eigenvalue weighted by atomic mass is 32.2. The predicted octanol–water partition coefficient (Wildman–Crippen LogP) is 2.03. The molecule has 7 heteroatoms. The van der Waals surface area contributed by atoms with Crippen LogP contribution in [-0.4, -0.2) is 32.8 Å². The molecule has 2 aromatic rings. The van der Waals surface area contributed by atoms with Crippen LogP contribution in [0.4, 0.5) is 0 Å². The van der Waals surface area contributed by atoms with Gasteiger partial charge in [0.1, 0.15) is 9.96 Å². The molecule has 0 spiro atoms. The van der Waals surface area contributed by atoms with Gasteiger partial charge in [-0.25, -0.2) is 13.1 Å². The Balaban J connectivity index is 1.98. The molecule has 0 bridgehead atoms. The van der Waals surface area contributed by atoms with Crippen molar-refractivity contribution < 1.29 is 18.3 Å². The first-order chi connectivity index (χ1) is 10.3. The van der Waals surface area contributed by atoms with Gasteiger partial charge in [0.2, 0.25) is 10.0 Å². The molecule has 0 unspecified atom stereocenters. The van der Waals surface area contributed by atoms with Crippen LogP contribution in [0.5, 0.6) is 5.75 Å². The second kappa shape index (κ2) is 6.78. The van der Waals surface area contributed by atoms with Crippen molar-refractivity contribution in [2.75, 3.05) is 13.7 Å². The molecule has 2 N–H and O–H groups in total. The summed E-state index contributed by atoms with van der Waals surface area (Å²) >= 11 is 1.14. The molecule has 0 aliphatic heterocycles. The van der Waals surface area contributed by atoms with Gasteiger partial charge in [0.15, 0.2) is 0 Å². The van der Waals surface area contributed by atoms with Crippen molar-refractivity contribution >= 4 is 21.4 Å². The van der Waals surface area contributed by atoms with Crippen molar-refractivity contribution in [2.45, 2.75) is 23.2 Å². The normalized spacial score (nSPS) is 14.5. The Labute approximate surface area is 134 Å². The van der Waals surface area contributed by atoms with E-state index in [1.165, 1.54) is 6.07 Å². The molecule has 0 amide bonds. The molecule has 1 aromatic carbocycles. The number of aliphatic hydroxyl groups is 1. The standard InChI is InChI=1S/C15H19NO4S2/c1-15(17,10-12-5-7-13(20-2)8-6-12)11-16-22(18,19)14-4-3-9-21-14/h3-9,16-17H,10-11H2,1-2H3/t15-/m0/s1. The van der Waals surface area contributed by atoms with Gasteiger partial charge in [-0.15, -0.1) is 11.3 Å². The average Bonchev–Trinajstić information content (AvgIpc) is 3.01. The first kappa shape index (κ1) is 17.0. The Morgan fingerprint density at radius 2 is 1.95 bits per heavy atom. The summed E-state index contributed by atoms with van der Waals surface area (Å²) in [6.45, 7) is 1.55. The highest BCUT2D eigenvalue weighted by Gasteiger charge is 2.25. The number of benzene rings is 1. The van der Waals surface area contributed by atoms with Gasteiger partial charge in [0, 0.05) is 13.0 Å². The van der Waals surface area contributed by atoms with E-state index < -0.39 is 15.6 Å². The topological polar surface area (TPSA) is 75.6 Å². The number of hydrogen-bond acceptors (Lipinski definition) is 5. The third-order valence-electron chi connectivity index (χ3n) is 3.15. The molecule has 0 fully saturated rings.